The molecule has 3 aromatic carbocycles. The van der Waals surface area contributed by atoms with E-state index in [9.17, 15) is 43.2 Å². The summed E-state index contributed by atoms with van der Waals surface area (Å²) >= 11 is 0. The number of hydrogen-bond donors (Lipinski definition) is 0. The number of alkyl halides is 6. The maximum atomic E-state index is 13.1. The summed E-state index contributed by atoms with van der Waals surface area (Å²) in [6, 6.07) is 18.1. The van der Waals surface area contributed by atoms with Crippen molar-refractivity contribution in [2.75, 3.05) is 6.61 Å². The van der Waals surface area contributed by atoms with E-state index in [2.05, 4.69) is 8.37 Å². The van der Waals surface area contributed by atoms with E-state index in [1.807, 2.05) is 0 Å². The van der Waals surface area contributed by atoms with Crippen LogP contribution >= 0.6 is 0 Å². The molecule has 0 bridgehead atoms. The lowest BCUT2D eigenvalue weighted by molar-refractivity contribution is -0.660. The Morgan fingerprint density at radius 3 is 1.87 bits per heavy atom. The third-order valence-electron chi connectivity index (χ3n) is 5.38. The van der Waals surface area contributed by atoms with Gasteiger partial charge in [0.25, 0.3) is 0 Å². The summed E-state index contributed by atoms with van der Waals surface area (Å²) in [6.45, 7) is -1.51. The van der Waals surface area contributed by atoms with Gasteiger partial charge in [0.15, 0.2) is 12.3 Å². The van der Waals surface area contributed by atoms with Crippen molar-refractivity contribution in [3.05, 3.63) is 72.8 Å². The zero-order valence-electron chi connectivity index (χ0n) is 18.8. The molecule has 0 N–H and O–H groups in total. The van der Waals surface area contributed by atoms with Crippen LogP contribution in [-0.4, -0.2) is 34.5 Å². The second-order valence-corrected chi connectivity index (χ2v) is 10.9. The second kappa shape index (κ2) is 9.71. The molecular formula is C23H16F6NO6S2+. The summed E-state index contributed by atoms with van der Waals surface area (Å²) < 4.78 is 134. The molecule has 0 aliphatic carbocycles. The maximum Gasteiger partial charge on any atom is 0.534 e. The zero-order chi connectivity index (χ0) is 27.9. The summed E-state index contributed by atoms with van der Waals surface area (Å²) in [7, 11) is -12.0. The molecule has 1 aromatic heterocycles. The van der Waals surface area contributed by atoms with Crippen molar-refractivity contribution in [2.24, 2.45) is 0 Å². The Kier molecular flexibility index (Phi) is 7.05. The van der Waals surface area contributed by atoms with Crippen molar-refractivity contribution in [3.8, 4) is 17.0 Å². The number of halogens is 6. The maximum absolute atomic E-state index is 13.1. The Labute approximate surface area is 212 Å². The van der Waals surface area contributed by atoms with E-state index in [1.54, 1.807) is 48.5 Å². The number of rotatable bonds is 7. The van der Waals surface area contributed by atoms with Crippen molar-refractivity contribution >= 4 is 41.9 Å². The Balaban J connectivity index is 2.01. The van der Waals surface area contributed by atoms with E-state index < -0.39 is 50.2 Å². The molecule has 0 saturated carbocycles. The van der Waals surface area contributed by atoms with E-state index in [-0.39, 0.29) is 16.3 Å². The summed E-state index contributed by atoms with van der Waals surface area (Å²) in [5.74, 6) is -0.687. The molecular weight excluding hydrogens is 564 g/mol. The summed E-state index contributed by atoms with van der Waals surface area (Å²) in [4.78, 5) is 0. The first-order valence-electron chi connectivity index (χ1n) is 10.5. The molecule has 0 aliphatic rings. The molecule has 38 heavy (non-hydrogen) atoms. The van der Waals surface area contributed by atoms with Crippen molar-refractivity contribution in [3.63, 3.8) is 0 Å². The molecule has 0 fully saturated rings. The smallest absolute Gasteiger partial charge is 0.375 e. The van der Waals surface area contributed by atoms with Gasteiger partial charge in [0.1, 0.15) is 6.61 Å². The van der Waals surface area contributed by atoms with Crippen LogP contribution in [0.5, 0.6) is 5.75 Å². The van der Waals surface area contributed by atoms with Gasteiger partial charge in [-0.15, -0.1) is 0 Å². The minimum absolute atomic E-state index is 0.0467. The normalized spacial score (nSPS) is 13.2. The van der Waals surface area contributed by atoms with Gasteiger partial charge in [0.2, 0.25) is 11.2 Å². The van der Waals surface area contributed by atoms with Gasteiger partial charge in [0, 0.05) is 17.0 Å². The van der Waals surface area contributed by atoms with Crippen LogP contribution in [0.4, 0.5) is 26.3 Å². The van der Waals surface area contributed by atoms with Crippen LogP contribution in [-0.2, 0) is 31.0 Å². The van der Waals surface area contributed by atoms with Crippen molar-refractivity contribution in [2.45, 2.75) is 17.6 Å². The highest BCUT2D eigenvalue weighted by Gasteiger charge is 2.49. The highest BCUT2D eigenvalue weighted by molar-refractivity contribution is 7.88. The van der Waals surface area contributed by atoms with Gasteiger partial charge in [-0.1, -0.05) is 42.5 Å². The van der Waals surface area contributed by atoms with Crippen molar-refractivity contribution < 1.29 is 56.1 Å². The molecule has 4 rings (SSSR count). The molecule has 0 saturated heterocycles. The SMILES string of the molecule is O=S(=O)(OCC[n+]1c(-c2ccccc2)c2ccccc2c2c(OS(=O)(=O)C(F)(F)F)cccc21)C(F)(F)F. The molecule has 4 aromatic rings. The number of hydrogen-bond acceptors (Lipinski definition) is 6. The van der Waals surface area contributed by atoms with Gasteiger partial charge >= 0.3 is 31.3 Å². The third-order valence-corrected chi connectivity index (χ3v) is 7.39. The first-order valence-corrected chi connectivity index (χ1v) is 13.3. The molecule has 0 radical (unpaired) electrons. The van der Waals surface area contributed by atoms with Gasteiger partial charge in [-0.25, -0.2) is 0 Å². The molecule has 15 heteroatoms. The van der Waals surface area contributed by atoms with Crippen LogP contribution in [0, 0.1) is 0 Å². The highest BCUT2D eigenvalue weighted by Crippen LogP contribution is 2.38. The number of pyridine rings is 1. The van der Waals surface area contributed by atoms with Crippen LogP contribution in [0.2, 0.25) is 0 Å². The molecule has 0 atom stereocenters. The number of aromatic nitrogens is 1. The van der Waals surface area contributed by atoms with E-state index in [0.717, 1.165) is 6.07 Å². The second-order valence-electron chi connectivity index (χ2n) is 7.77. The number of benzene rings is 3. The zero-order valence-corrected chi connectivity index (χ0v) is 20.5. The van der Waals surface area contributed by atoms with Gasteiger partial charge in [0.05, 0.1) is 10.8 Å². The van der Waals surface area contributed by atoms with Gasteiger partial charge in [-0.05, 0) is 24.3 Å². The fourth-order valence-corrected chi connectivity index (χ4v) is 4.77. The predicted molar refractivity (Wildman–Crippen MR) is 124 cm³/mol. The molecule has 202 valence electrons. The average molecular weight is 581 g/mol. The predicted octanol–water partition coefficient (Wildman–Crippen LogP) is 5.04. The quantitative estimate of drug-likeness (QED) is 0.100. The molecule has 0 aliphatic heterocycles. The Morgan fingerprint density at radius 2 is 1.26 bits per heavy atom. The van der Waals surface area contributed by atoms with Crippen molar-refractivity contribution in [1.29, 1.82) is 0 Å². The molecule has 1 heterocycles. The minimum Gasteiger partial charge on any atom is -0.375 e. The van der Waals surface area contributed by atoms with Crippen LogP contribution in [0.15, 0.2) is 72.8 Å². The summed E-state index contributed by atoms with van der Waals surface area (Å²) in [5.41, 5.74) is -10.5. The lowest BCUT2D eigenvalue weighted by Gasteiger charge is -2.15. The van der Waals surface area contributed by atoms with Crippen LogP contribution in [0.1, 0.15) is 0 Å². The fourth-order valence-electron chi connectivity index (χ4n) is 3.87. The molecule has 7 nitrogen and oxygen atoms in total. The summed E-state index contributed by atoms with van der Waals surface area (Å²) in [6.07, 6.45) is 0. The summed E-state index contributed by atoms with van der Waals surface area (Å²) in [5, 5.41) is 0.536. The van der Waals surface area contributed by atoms with Gasteiger partial charge in [-0.2, -0.15) is 47.7 Å². The Hall–Kier alpha value is -3.43. The van der Waals surface area contributed by atoms with Crippen LogP contribution in [0.25, 0.3) is 32.9 Å². The van der Waals surface area contributed by atoms with Gasteiger partial charge in [-0.3, -0.25) is 4.18 Å². The monoisotopic (exact) mass is 580 g/mol. The van der Waals surface area contributed by atoms with E-state index in [1.165, 1.54) is 22.8 Å². The first-order chi connectivity index (χ1) is 17.6. The standard InChI is InChI=1S/C23H16F6NO6S2/c24-22(25,26)37(31,32)35-14-13-30-18-11-6-12-19(36-38(33,34)23(27,28)29)20(18)16-9-4-5-10-17(16)21(30)15-7-2-1-3-8-15/h1-12H,13-14H2/q+1. The fraction of sp³-hybridized carbons (Fsp3) is 0.174. The Bertz CT molecular complexity index is 1720. The molecule has 0 unspecified atom stereocenters. The third kappa shape index (κ3) is 5.13. The number of fused-ring (bicyclic) bond motifs is 3. The first kappa shape index (κ1) is 27.6. The topological polar surface area (TPSA) is 90.6 Å². The lowest BCUT2D eigenvalue weighted by atomic mass is 9.98. The van der Waals surface area contributed by atoms with E-state index >= 15 is 0 Å². The van der Waals surface area contributed by atoms with Crippen molar-refractivity contribution in [1.82, 2.24) is 0 Å². The van der Waals surface area contributed by atoms with Crippen LogP contribution < -0.4 is 8.75 Å². The molecule has 0 spiro atoms. The largest absolute Gasteiger partial charge is 0.534 e. The van der Waals surface area contributed by atoms with Gasteiger partial charge < -0.3 is 4.18 Å². The average Bonchev–Trinajstić information content (AvgIpc) is 2.83. The highest BCUT2D eigenvalue weighted by atomic mass is 32.2. The lowest BCUT2D eigenvalue weighted by Crippen LogP contribution is -2.41. The van der Waals surface area contributed by atoms with E-state index in [4.69, 9.17) is 0 Å². The van der Waals surface area contributed by atoms with Crippen LogP contribution in [0.3, 0.4) is 0 Å². The number of nitrogens with zero attached hydrogens (tertiary/aromatic N) is 1. The Morgan fingerprint density at radius 1 is 0.684 bits per heavy atom. The molecule has 0 amide bonds. The van der Waals surface area contributed by atoms with E-state index in [0.29, 0.717) is 16.6 Å². The minimum atomic E-state index is -6.08.